The monoisotopic (exact) mass is 630 g/mol. The lowest BCUT2D eigenvalue weighted by atomic mass is 9.87. The number of aromatic nitrogens is 4. The van der Waals surface area contributed by atoms with E-state index < -0.39 is 31.5 Å². The molecule has 1 aromatic heterocycles. The fourth-order valence-electron chi connectivity index (χ4n) is 5.36. The molecule has 10 nitrogen and oxygen atoms in total. The zero-order valence-electron chi connectivity index (χ0n) is 23.4. The van der Waals surface area contributed by atoms with Crippen LogP contribution in [0.15, 0.2) is 76.5 Å². The van der Waals surface area contributed by atoms with Gasteiger partial charge >= 0.3 is 0 Å². The zero-order chi connectivity index (χ0) is 30.6. The zero-order valence-corrected chi connectivity index (χ0v) is 25.1. The van der Waals surface area contributed by atoms with Crippen LogP contribution in [0.3, 0.4) is 0 Å². The molecule has 2 heterocycles. The first kappa shape index (κ1) is 30.9. The summed E-state index contributed by atoms with van der Waals surface area (Å²) in [6.07, 6.45) is 3.29. The Morgan fingerprint density at radius 3 is 2.12 bits per heavy atom. The number of sulfonamides is 1. The van der Waals surface area contributed by atoms with Crippen LogP contribution in [0.5, 0.6) is 0 Å². The van der Waals surface area contributed by atoms with Gasteiger partial charge in [0.15, 0.2) is 15.7 Å². The van der Waals surface area contributed by atoms with Crippen LogP contribution in [0.4, 0.5) is 8.78 Å². The maximum atomic E-state index is 14.1. The molecule has 0 radical (unpaired) electrons. The Morgan fingerprint density at radius 2 is 1.53 bits per heavy atom. The number of sulfone groups is 1. The molecule has 2 N–H and O–H groups in total. The standard InChI is InChI=1S/C29H32F2N6O4S2/c1-42(38,39)26-6-2-21(3-7-26)28(23-16-24(30)18-25(31)17-23)12-15-37-13-10-20(11-14-37)19-32-43(40,41)27-8-4-22(5-9-27)29-33-35-36-34-29/h2-9,16-18,20,28,32H,10-15,19H2,1H3,(H,33,34,35,36)/t28-/m1/s1. The molecule has 0 spiro atoms. The van der Waals surface area contributed by atoms with Crippen LogP contribution in [-0.2, 0) is 19.9 Å². The molecule has 4 aromatic rings. The summed E-state index contributed by atoms with van der Waals surface area (Å²) >= 11 is 0. The van der Waals surface area contributed by atoms with Crippen molar-refractivity contribution < 1.29 is 25.6 Å². The van der Waals surface area contributed by atoms with Gasteiger partial charge in [0.25, 0.3) is 0 Å². The molecule has 43 heavy (non-hydrogen) atoms. The maximum absolute atomic E-state index is 14.1. The van der Waals surface area contributed by atoms with E-state index >= 15 is 0 Å². The number of halogens is 2. The average Bonchev–Trinajstić information content (AvgIpc) is 3.52. The van der Waals surface area contributed by atoms with Crippen molar-refractivity contribution in [3.8, 4) is 11.4 Å². The Morgan fingerprint density at radius 1 is 0.907 bits per heavy atom. The van der Waals surface area contributed by atoms with Crippen molar-refractivity contribution in [2.75, 3.05) is 32.4 Å². The van der Waals surface area contributed by atoms with Gasteiger partial charge in [0.1, 0.15) is 11.6 Å². The molecule has 3 aromatic carbocycles. The van der Waals surface area contributed by atoms with Crippen LogP contribution in [0.25, 0.3) is 11.4 Å². The molecule has 228 valence electrons. The summed E-state index contributed by atoms with van der Waals surface area (Å²) < 4.78 is 80.5. The number of nitrogens with zero attached hydrogens (tertiary/aromatic N) is 4. The van der Waals surface area contributed by atoms with E-state index in [4.69, 9.17) is 0 Å². The van der Waals surface area contributed by atoms with E-state index in [1.54, 1.807) is 24.3 Å². The second-order valence-electron chi connectivity index (χ2n) is 10.8. The third-order valence-corrected chi connectivity index (χ3v) is 10.4. The van der Waals surface area contributed by atoms with E-state index in [9.17, 15) is 25.6 Å². The fourth-order valence-corrected chi connectivity index (χ4v) is 7.11. The highest BCUT2D eigenvalue weighted by molar-refractivity contribution is 7.90. The summed E-state index contributed by atoms with van der Waals surface area (Å²) in [5.41, 5.74) is 1.93. The first-order valence-electron chi connectivity index (χ1n) is 13.8. The fraction of sp³-hybridized carbons (Fsp3) is 0.345. The van der Waals surface area contributed by atoms with E-state index in [1.807, 2.05) is 0 Å². The molecule has 1 fully saturated rings. The number of hydrogen-bond donors (Lipinski definition) is 2. The van der Waals surface area contributed by atoms with Crippen molar-refractivity contribution in [3.63, 3.8) is 0 Å². The SMILES string of the molecule is CS(=O)(=O)c1ccc([C@@H](CCN2CCC(CNS(=O)(=O)c3ccc(-c4nnn[nH]4)cc3)CC2)c2cc(F)cc(F)c2)cc1. The second kappa shape index (κ2) is 13.0. The van der Waals surface area contributed by atoms with Crippen LogP contribution in [0.1, 0.15) is 36.3 Å². The van der Waals surface area contributed by atoms with E-state index in [0.29, 0.717) is 36.5 Å². The van der Waals surface area contributed by atoms with Crippen molar-refractivity contribution in [1.29, 1.82) is 0 Å². The lowest BCUT2D eigenvalue weighted by Gasteiger charge is -2.33. The molecular weight excluding hydrogens is 598 g/mol. The highest BCUT2D eigenvalue weighted by Crippen LogP contribution is 2.31. The molecule has 0 unspecified atom stereocenters. The van der Waals surface area contributed by atoms with Crippen LogP contribution >= 0.6 is 0 Å². The number of H-pyrrole nitrogens is 1. The Bertz CT molecular complexity index is 1720. The molecular formula is C29H32F2N6O4S2. The number of nitrogens with one attached hydrogen (secondary N) is 2. The van der Waals surface area contributed by atoms with Crippen molar-refractivity contribution in [2.24, 2.45) is 5.92 Å². The lowest BCUT2D eigenvalue weighted by Crippen LogP contribution is -2.39. The van der Waals surface area contributed by atoms with Gasteiger partial charge in [0.05, 0.1) is 9.79 Å². The largest absolute Gasteiger partial charge is 0.303 e. The molecule has 1 aliphatic rings. The minimum atomic E-state index is -3.69. The molecule has 0 bridgehead atoms. The van der Waals surface area contributed by atoms with Crippen molar-refractivity contribution in [3.05, 3.63) is 89.5 Å². The Kier molecular flexibility index (Phi) is 9.30. The number of hydrogen-bond acceptors (Lipinski definition) is 8. The Balaban J connectivity index is 1.17. The summed E-state index contributed by atoms with van der Waals surface area (Å²) in [7, 11) is -7.06. The van der Waals surface area contributed by atoms with Gasteiger partial charge in [-0.3, -0.25) is 0 Å². The van der Waals surface area contributed by atoms with Crippen LogP contribution in [0, 0.1) is 17.6 Å². The number of tetrazole rings is 1. The molecule has 5 rings (SSSR count). The Hall–Kier alpha value is -3.59. The first-order valence-corrected chi connectivity index (χ1v) is 17.2. The molecule has 0 amide bonds. The first-order chi connectivity index (χ1) is 20.5. The normalized spacial score (nSPS) is 15.9. The highest BCUT2D eigenvalue weighted by Gasteiger charge is 2.24. The maximum Gasteiger partial charge on any atom is 0.240 e. The van der Waals surface area contributed by atoms with Crippen molar-refractivity contribution >= 4 is 19.9 Å². The minimum Gasteiger partial charge on any atom is -0.303 e. The van der Waals surface area contributed by atoms with E-state index in [-0.39, 0.29) is 21.6 Å². The smallest absolute Gasteiger partial charge is 0.240 e. The summed E-state index contributed by atoms with van der Waals surface area (Å²) in [6.45, 7) is 2.48. The highest BCUT2D eigenvalue weighted by atomic mass is 32.2. The van der Waals surface area contributed by atoms with Gasteiger partial charge in [-0.25, -0.2) is 35.4 Å². The van der Waals surface area contributed by atoms with Gasteiger partial charge in [-0.05, 0) is 115 Å². The predicted molar refractivity (Wildman–Crippen MR) is 156 cm³/mol. The molecule has 1 saturated heterocycles. The summed E-state index contributed by atoms with van der Waals surface area (Å²) in [4.78, 5) is 2.60. The van der Waals surface area contributed by atoms with Gasteiger partial charge in [-0.15, -0.1) is 5.10 Å². The van der Waals surface area contributed by atoms with Gasteiger partial charge < -0.3 is 4.90 Å². The van der Waals surface area contributed by atoms with Gasteiger partial charge in [-0.1, -0.05) is 12.1 Å². The summed E-state index contributed by atoms with van der Waals surface area (Å²) in [5, 5.41) is 13.5. The van der Waals surface area contributed by atoms with E-state index in [1.165, 1.54) is 36.4 Å². The summed E-state index contributed by atoms with van der Waals surface area (Å²) in [6, 6.07) is 16.2. The predicted octanol–water partition coefficient (Wildman–Crippen LogP) is 3.76. The number of aromatic amines is 1. The quantitative estimate of drug-likeness (QED) is 0.256. The lowest BCUT2D eigenvalue weighted by molar-refractivity contribution is 0.182. The topological polar surface area (TPSA) is 138 Å². The van der Waals surface area contributed by atoms with Gasteiger partial charge in [0.2, 0.25) is 10.0 Å². The number of rotatable bonds is 11. The molecule has 1 atom stereocenters. The van der Waals surface area contributed by atoms with Gasteiger partial charge in [-0.2, -0.15) is 0 Å². The molecule has 0 aliphatic carbocycles. The van der Waals surface area contributed by atoms with Crippen LogP contribution in [0.2, 0.25) is 0 Å². The van der Waals surface area contributed by atoms with E-state index in [2.05, 4.69) is 30.2 Å². The average molecular weight is 631 g/mol. The number of piperidine rings is 1. The summed E-state index contributed by atoms with van der Waals surface area (Å²) in [5.74, 6) is -1.06. The van der Waals surface area contributed by atoms with E-state index in [0.717, 1.165) is 43.8 Å². The minimum absolute atomic E-state index is 0.158. The van der Waals surface area contributed by atoms with Gasteiger partial charge in [0, 0.05) is 30.3 Å². The number of likely N-dealkylation sites (tertiary alicyclic amines) is 1. The number of benzene rings is 3. The molecule has 14 heteroatoms. The Labute approximate surface area is 249 Å². The third kappa shape index (κ3) is 7.88. The second-order valence-corrected chi connectivity index (χ2v) is 14.6. The van der Waals surface area contributed by atoms with Crippen LogP contribution in [-0.4, -0.2) is 74.8 Å². The van der Waals surface area contributed by atoms with Crippen LogP contribution < -0.4 is 4.72 Å². The molecule has 0 saturated carbocycles. The van der Waals surface area contributed by atoms with Crippen molar-refractivity contribution in [1.82, 2.24) is 30.2 Å². The van der Waals surface area contributed by atoms with Crippen molar-refractivity contribution in [2.45, 2.75) is 35.0 Å². The third-order valence-electron chi connectivity index (χ3n) is 7.78. The molecule has 1 aliphatic heterocycles.